The zero-order valence-electron chi connectivity index (χ0n) is 11.3. The summed E-state index contributed by atoms with van der Waals surface area (Å²) in [6, 6.07) is 7.88. The maximum absolute atomic E-state index is 5.98. The molecule has 1 aliphatic heterocycles. The number of nitrogens with two attached hydrogens (primary N) is 1. The van der Waals surface area contributed by atoms with E-state index in [0.29, 0.717) is 5.69 Å². The number of hydrogen-bond acceptors (Lipinski definition) is 4. The molecule has 1 fully saturated rings. The summed E-state index contributed by atoms with van der Waals surface area (Å²) in [6.07, 6.45) is 2.99. The van der Waals surface area contributed by atoms with Gasteiger partial charge in [-0.3, -0.25) is 4.98 Å². The van der Waals surface area contributed by atoms with E-state index in [1.54, 1.807) is 6.20 Å². The molecule has 1 aromatic carbocycles. The molecule has 0 saturated carbocycles. The van der Waals surface area contributed by atoms with Crippen LogP contribution in [0.25, 0.3) is 10.9 Å². The third-order valence-corrected chi connectivity index (χ3v) is 4.11. The number of anilines is 2. The molecule has 19 heavy (non-hydrogen) atoms. The lowest BCUT2D eigenvalue weighted by molar-refractivity contribution is 0.105. The Morgan fingerprint density at radius 1 is 1.42 bits per heavy atom. The highest BCUT2D eigenvalue weighted by Gasteiger charge is 2.37. The van der Waals surface area contributed by atoms with Gasteiger partial charge in [0.05, 0.1) is 22.8 Å². The monoisotopic (exact) mass is 257 g/mol. The number of hydrogen-bond donors (Lipinski definition) is 2. The Morgan fingerprint density at radius 2 is 2.26 bits per heavy atom. The van der Waals surface area contributed by atoms with Crippen molar-refractivity contribution >= 4 is 22.3 Å². The summed E-state index contributed by atoms with van der Waals surface area (Å²) >= 11 is 0. The van der Waals surface area contributed by atoms with Gasteiger partial charge in [-0.1, -0.05) is 12.1 Å². The third kappa shape index (κ3) is 2.02. The van der Waals surface area contributed by atoms with Crippen molar-refractivity contribution in [2.75, 3.05) is 17.7 Å². The molecule has 4 heteroatoms. The van der Waals surface area contributed by atoms with E-state index in [4.69, 9.17) is 10.5 Å². The highest BCUT2D eigenvalue weighted by Crippen LogP contribution is 2.33. The number of rotatable bonds is 2. The van der Waals surface area contributed by atoms with Crippen molar-refractivity contribution < 1.29 is 4.74 Å². The van der Waals surface area contributed by atoms with Crippen molar-refractivity contribution in [1.82, 2.24) is 4.98 Å². The minimum absolute atomic E-state index is 0.0428. The largest absolute Gasteiger partial charge is 0.397 e. The van der Waals surface area contributed by atoms with E-state index in [0.717, 1.165) is 29.6 Å². The van der Waals surface area contributed by atoms with Crippen LogP contribution in [0.1, 0.15) is 20.3 Å². The topological polar surface area (TPSA) is 60.2 Å². The molecule has 1 aromatic heterocycles. The molecule has 3 rings (SSSR count). The van der Waals surface area contributed by atoms with Crippen LogP contribution in [0.2, 0.25) is 0 Å². The van der Waals surface area contributed by atoms with Gasteiger partial charge in [-0.25, -0.2) is 0 Å². The first-order chi connectivity index (χ1) is 9.10. The van der Waals surface area contributed by atoms with Gasteiger partial charge in [0.15, 0.2) is 0 Å². The zero-order valence-corrected chi connectivity index (χ0v) is 11.3. The first kappa shape index (κ1) is 12.2. The number of fused-ring (bicyclic) bond motifs is 1. The third-order valence-electron chi connectivity index (χ3n) is 4.11. The maximum atomic E-state index is 5.98. The standard InChI is InChI=1S/C15H19N3O/c1-10-15(2,7-9-19-10)18-13-6-8-17-14-11(13)4-3-5-12(14)16/h3-6,8,10H,7,9,16H2,1-2H3,(H,17,18). The molecule has 1 saturated heterocycles. The molecule has 0 radical (unpaired) electrons. The lowest BCUT2D eigenvalue weighted by atomic mass is 9.94. The number of nitrogens with one attached hydrogen (secondary N) is 1. The SMILES string of the molecule is CC1OCCC1(C)Nc1ccnc2c(N)cccc12. The average molecular weight is 257 g/mol. The molecule has 3 N–H and O–H groups in total. The van der Waals surface area contributed by atoms with Crippen LogP contribution in [0.4, 0.5) is 11.4 Å². The molecule has 2 heterocycles. The quantitative estimate of drug-likeness (QED) is 0.812. The summed E-state index contributed by atoms with van der Waals surface area (Å²) in [5, 5.41) is 4.67. The van der Waals surface area contributed by atoms with Crippen LogP contribution in [0.5, 0.6) is 0 Å². The van der Waals surface area contributed by atoms with E-state index in [-0.39, 0.29) is 11.6 Å². The minimum Gasteiger partial charge on any atom is -0.397 e. The summed E-state index contributed by atoms with van der Waals surface area (Å²) in [5.74, 6) is 0. The summed E-state index contributed by atoms with van der Waals surface area (Å²) < 4.78 is 5.67. The Morgan fingerprint density at radius 3 is 3.00 bits per heavy atom. The summed E-state index contributed by atoms with van der Waals surface area (Å²) in [7, 11) is 0. The summed E-state index contributed by atoms with van der Waals surface area (Å²) in [5.41, 5.74) is 8.56. The van der Waals surface area contributed by atoms with Crippen LogP contribution in [0.15, 0.2) is 30.5 Å². The lowest BCUT2D eigenvalue weighted by Crippen LogP contribution is -2.41. The van der Waals surface area contributed by atoms with Crippen LogP contribution < -0.4 is 11.1 Å². The predicted molar refractivity (Wildman–Crippen MR) is 78.2 cm³/mol. The van der Waals surface area contributed by atoms with Crippen LogP contribution >= 0.6 is 0 Å². The zero-order chi connectivity index (χ0) is 13.5. The molecule has 0 bridgehead atoms. The Kier molecular flexibility index (Phi) is 2.82. The van der Waals surface area contributed by atoms with E-state index >= 15 is 0 Å². The smallest absolute Gasteiger partial charge is 0.0951 e. The first-order valence-electron chi connectivity index (χ1n) is 6.63. The highest BCUT2D eigenvalue weighted by atomic mass is 16.5. The minimum atomic E-state index is -0.0428. The van der Waals surface area contributed by atoms with Crippen LogP contribution in [-0.2, 0) is 4.74 Å². The van der Waals surface area contributed by atoms with E-state index in [1.165, 1.54) is 0 Å². The number of nitrogen functional groups attached to an aromatic ring is 1. The second kappa shape index (κ2) is 4.38. The summed E-state index contributed by atoms with van der Waals surface area (Å²) in [6.45, 7) is 5.11. The van der Waals surface area contributed by atoms with Gasteiger partial charge in [0.1, 0.15) is 0 Å². The van der Waals surface area contributed by atoms with Gasteiger partial charge in [0.2, 0.25) is 0 Å². The van der Waals surface area contributed by atoms with Crippen molar-refractivity contribution in [3.05, 3.63) is 30.5 Å². The molecule has 2 aromatic rings. The number of pyridine rings is 1. The van der Waals surface area contributed by atoms with E-state index in [1.807, 2.05) is 24.3 Å². The number of nitrogens with zero attached hydrogens (tertiary/aromatic N) is 1. The Bertz CT molecular complexity index is 613. The van der Waals surface area contributed by atoms with Crippen molar-refractivity contribution in [2.45, 2.75) is 31.9 Å². The van der Waals surface area contributed by atoms with Gasteiger partial charge in [-0.15, -0.1) is 0 Å². The fraction of sp³-hybridized carbons (Fsp3) is 0.400. The molecule has 0 amide bonds. The molecule has 100 valence electrons. The molecular formula is C15H19N3O. The van der Waals surface area contributed by atoms with Gasteiger partial charge in [-0.2, -0.15) is 0 Å². The van der Waals surface area contributed by atoms with Crippen molar-refractivity contribution in [3.8, 4) is 0 Å². The normalized spacial score (nSPS) is 26.7. The average Bonchev–Trinajstić information content (AvgIpc) is 2.71. The van der Waals surface area contributed by atoms with Gasteiger partial charge in [0, 0.05) is 23.9 Å². The Balaban J connectivity index is 2.04. The van der Waals surface area contributed by atoms with Crippen LogP contribution in [-0.4, -0.2) is 23.2 Å². The van der Waals surface area contributed by atoms with E-state index in [9.17, 15) is 0 Å². The fourth-order valence-electron chi connectivity index (χ4n) is 2.61. The second-order valence-corrected chi connectivity index (χ2v) is 5.41. The first-order valence-corrected chi connectivity index (χ1v) is 6.63. The Hall–Kier alpha value is -1.81. The molecule has 1 aliphatic rings. The number of aromatic nitrogens is 1. The van der Waals surface area contributed by atoms with Gasteiger partial charge in [-0.05, 0) is 32.4 Å². The van der Waals surface area contributed by atoms with Crippen molar-refractivity contribution in [3.63, 3.8) is 0 Å². The molecule has 2 unspecified atom stereocenters. The predicted octanol–water partition coefficient (Wildman–Crippen LogP) is 2.80. The van der Waals surface area contributed by atoms with Crippen LogP contribution in [0, 0.1) is 0 Å². The number of para-hydroxylation sites is 1. The maximum Gasteiger partial charge on any atom is 0.0951 e. The van der Waals surface area contributed by atoms with E-state index < -0.39 is 0 Å². The lowest BCUT2D eigenvalue weighted by Gasteiger charge is -2.30. The fourth-order valence-corrected chi connectivity index (χ4v) is 2.61. The number of ether oxygens (including phenoxy) is 1. The van der Waals surface area contributed by atoms with Crippen LogP contribution in [0.3, 0.4) is 0 Å². The van der Waals surface area contributed by atoms with Crippen molar-refractivity contribution in [2.24, 2.45) is 0 Å². The molecule has 2 atom stereocenters. The second-order valence-electron chi connectivity index (χ2n) is 5.41. The highest BCUT2D eigenvalue weighted by molar-refractivity contribution is 5.97. The molecule has 0 aliphatic carbocycles. The molecule has 0 spiro atoms. The van der Waals surface area contributed by atoms with Gasteiger partial charge < -0.3 is 15.8 Å². The van der Waals surface area contributed by atoms with E-state index in [2.05, 4.69) is 24.1 Å². The summed E-state index contributed by atoms with van der Waals surface area (Å²) in [4.78, 5) is 4.36. The Labute approximate surface area is 113 Å². The molecular weight excluding hydrogens is 238 g/mol. The number of benzene rings is 1. The molecule has 4 nitrogen and oxygen atoms in total. The van der Waals surface area contributed by atoms with Gasteiger partial charge in [0.25, 0.3) is 0 Å². The van der Waals surface area contributed by atoms with Crippen molar-refractivity contribution in [1.29, 1.82) is 0 Å². The van der Waals surface area contributed by atoms with Gasteiger partial charge >= 0.3 is 0 Å².